The van der Waals surface area contributed by atoms with Crippen LogP contribution in [0.25, 0.3) is 0 Å². The van der Waals surface area contributed by atoms with Crippen LogP contribution in [0.3, 0.4) is 0 Å². The van der Waals surface area contributed by atoms with Crippen molar-refractivity contribution in [3.8, 4) is 5.75 Å². The molecule has 1 fully saturated rings. The predicted octanol–water partition coefficient (Wildman–Crippen LogP) is 4.78. The fraction of sp³-hybridized carbons (Fsp3) is 0.565. The van der Waals surface area contributed by atoms with E-state index in [1.165, 1.54) is 36.8 Å². The summed E-state index contributed by atoms with van der Waals surface area (Å²) in [5.74, 6) is 3.16. The molecule has 1 saturated carbocycles. The van der Waals surface area contributed by atoms with Crippen molar-refractivity contribution in [1.82, 2.24) is 0 Å². The lowest BCUT2D eigenvalue weighted by atomic mass is 9.59. The highest BCUT2D eigenvalue weighted by Crippen LogP contribution is 2.52. The van der Waals surface area contributed by atoms with Gasteiger partial charge in [-0.1, -0.05) is 25.0 Å². The lowest BCUT2D eigenvalue weighted by Gasteiger charge is -2.45. The minimum absolute atomic E-state index is 0.159. The molecule has 4 rings (SSSR count). The second kappa shape index (κ2) is 7.48. The van der Waals surface area contributed by atoms with E-state index in [1.54, 1.807) is 0 Å². The van der Waals surface area contributed by atoms with E-state index in [0.29, 0.717) is 41.6 Å². The zero-order valence-corrected chi connectivity index (χ0v) is 15.4. The Morgan fingerprint density at radius 3 is 2.65 bits per heavy atom. The number of fused-ring (bicyclic) bond motifs is 3. The average molecular weight is 354 g/mol. The van der Waals surface area contributed by atoms with Crippen LogP contribution >= 0.6 is 0 Å². The highest BCUT2D eigenvalue weighted by Gasteiger charge is 2.41. The molecule has 1 unspecified atom stereocenters. The van der Waals surface area contributed by atoms with Gasteiger partial charge in [0.05, 0.1) is 0 Å². The number of benzene rings is 1. The Bertz CT molecular complexity index is 718. The largest absolute Gasteiger partial charge is 0.508 e. The number of aliphatic hydroxyl groups excluding tert-OH is 2. The number of phenols is 1. The topological polar surface area (TPSA) is 60.7 Å². The molecular formula is C23H30O3. The third kappa shape index (κ3) is 3.29. The van der Waals surface area contributed by atoms with Crippen LogP contribution in [0, 0.1) is 17.8 Å². The Labute approximate surface area is 156 Å². The Hall–Kier alpha value is -1.74. The fourth-order valence-corrected chi connectivity index (χ4v) is 5.57. The van der Waals surface area contributed by atoms with Crippen molar-refractivity contribution < 1.29 is 15.3 Å². The van der Waals surface area contributed by atoms with Crippen LogP contribution in [0.4, 0.5) is 0 Å². The van der Waals surface area contributed by atoms with Gasteiger partial charge in [-0.2, -0.15) is 0 Å². The third-order valence-corrected chi connectivity index (χ3v) is 6.83. The van der Waals surface area contributed by atoms with Gasteiger partial charge >= 0.3 is 0 Å². The summed E-state index contributed by atoms with van der Waals surface area (Å²) >= 11 is 0. The number of allylic oxidation sites excluding steroid dienone is 3. The average Bonchev–Trinajstić information content (AvgIpc) is 2.67. The van der Waals surface area contributed by atoms with Crippen molar-refractivity contribution in [3.05, 3.63) is 52.8 Å². The first-order valence-electron chi connectivity index (χ1n) is 10.2. The van der Waals surface area contributed by atoms with E-state index >= 15 is 0 Å². The fourth-order valence-electron chi connectivity index (χ4n) is 5.57. The molecule has 3 nitrogen and oxygen atoms in total. The maximum absolute atomic E-state index is 10.5. The maximum atomic E-state index is 10.5. The standard InChI is InChI=1S/C23H30O3/c24-11-3-4-16-12-17-13-21(15-7-9-18(25)10-8-15)19-5-1-2-6-20(19)22(17)14-23(16)26/h7,9-10,12,14-15,19-21,24-26H,1-6,8,11,13H2/t15?,19-,20+,21-/m0/s1. The second-order valence-corrected chi connectivity index (χ2v) is 8.32. The van der Waals surface area contributed by atoms with Crippen molar-refractivity contribution in [2.75, 3.05) is 6.61 Å². The molecule has 4 atom stereocenters. The van der Waals surface area contributed by atoms with E-state index in [9.17, 15) is 10.2 Å². The molecule has 0 heterocycles. The Balaban J connectivity index is 1.67. The molecule has 1 aromatic rings. The van der Waals surface area contributed by atoms with Crippen LogP contribution < -0.4 is 0 Å². The zero-order valence-electron chi connectivity index (χ0n) is 15.4. The van der Waals surface area contributed by atoms with Crippen molar-refractivity contribution in [3.63, 3.8) is 0 Å². The van der Waals surface area contributed by atoms with Crippen molar-refractivity contribution in [2.45, 2.75) is 57.3 Å². The van der Waals surface area contributed by atoms with E-state index in [1.807, 2.05) is 18.2 Å². The number of phenolic OH excluding ortho intramolecular Hbond substituents is 1. The maximum Gasteiger partial charge on any atom is 0.119 e. The van der Waals surface area contributed by atoms with Crippen LogP contribution in [0.2, 0.25) is 0 Å². The molecule has 0 aliphatic heterocycles. The molecule has 3 N–H and O–H groups in total. The Morgan fingerprint density at radius 2 is 1.88 bits per heavy atom. The monoisotopic (exact) mass is 354 g/mol. The molecule has 26 heavy (non-hydrogen) atoms. The molecule has 140 valence electrons. The second-order valence-electron chi connectivity index (χ2n) is 8.32. The summed E-state index contributed by atoms with van der Waals surface area (Å²) in [6, 6.07) is 4.24. The normalized spacial score (nSPS) is 30.4. The van der Waals surface area contributed by atoms with E-state index in [0.717, 1.165) is 24.8 Å². The molecule has 0 spiro atoms. The molecule has 3 aliphatic rings. The van der Waals surface area contributed by atoms with Crippen LogP contribution in [0.1, 0.15) is 61.1 Å². The summed E-state index contributed by atoms with van der Waals surface area (Å²) in [4.78, 5) is 0. The van der Waals surface area contributed by atoms with Gasteiger partial charge in [-0.25, -0.2) is 0 Å². The molecule has 0 aromatic heterocycles. The van der Waals surface area contributed by atoms with Gasteiger partial charge in [0.25, 0.3) is 0 Å². The lowest BCUT2D eigenvalue weighted by Crippen LogP contribution is -2.36. The van der Waals surface area contributed by atoms with Crippen molar-refractivity contribution in [2.24, 2.45) is 17.8 Å². The quantitative estimate of drug-likeness (QED) is 0.729. The van der Waals surface area contributed by atoms with Crippen LogP contribution in [-0.2, 0) is 12.8 Å². The minimum atomic E-state index is 0.159. The first-order valence-corrected chi connectivity index (χ1v) is 10.2. The molecule has 0 amide bonds. The number of hydrogen-bond acceptors (Lipinski definition) is 3. The summed E-state index contributed by atoms with van der Waals surface area (Å²) in [6.45, 7) is 0.159. The first kappa shape index (κ1) is 17.7. The molecular weight excluding hydrogens is 324 g/mol. The van der Waals surface area contributed by atoms with Crippen LogP contribution in [0.5, 0.6) is 5.75 Å². The number of hydrogen-bond donors (Lipinski definition) is 3. The highest BCUT2D eigenvalue weighted by molar-refractivity contribution is 5.46. The van der Waals surface area contributed by atoms with Gasteiger partial charge in [-0.15, -0.1) is 0 Å². The van der Waals surface area contributed by atoms with Gasteiger partial charge < -0.3 is 15.3 Å². The van der Waals surface area contributed by atoms with Gasteiger partial charge in [0.2, 0.25) is 0 Å². The van der Waals surface area contributed by atoms with Gasteiger partial charge in [-0.05, 0) is 97.1 Å². The highest BCUT2D eigenvalue weighted by atomic mass is 16.3. The van der Waals surface area contributed by atoms with E-state index < -0.39 is 0 Å². The first-order chi connectivity index (χ1) is 12.7. The molecule has 1 aromatic carbocycles. The van der Waals surface area contributed by atoms with Crippen molar-refractivity contribution in [1.29, 1.82) is 0 Å². The predicted molar refractivity (Wildman–Crippen MR) is 103 cm³/mol. The molecule has 3 aliphatic carbocycles. The SMILES string of the molecule is OCCCc1cc2c(cc1O)[C@@H]1CCCC[C@@H]1[C@H](C1C=CC(O)=CC1)C2. The zero-order chi connectivity index (χ0) is 18.1. The Kier molecular flexibility index (Phi) is 5.08. The van der Waals surface area contributed by atoms with Crippen LogP contribution in [-0.4, -0.2) is 21.9 Å². The summed E-state index contributed by atoms with van der Waals surface area (Å²) in [6.07, 6.45) is 14.5. The number of aliphatic hydroxyl groups is 2. The summed E-state index contributed by atoms with van der Waals surface area (Å²) < 4.78 is 0. The lowest BCUT2D eigenvalue weighted by molar-refractivity contribution is 0.155. The molecule has 3 heteroatoms. The molecule has 0 radical (unpaired) electrons. The van der Waals surface area contributed by atoms with Gasteiger partial charge in [0.15, 0.2) is 0 Å². The minimum Gasteiger partial charge on any atom is -0.508 e. The van der Waals surface area contributed by atoms with Gasteiger partial charge in [0, 0.05) is 6.61 Å². The smallest absolute Gasteiger partial charge is 0.119 e. The van der Waals surface area contributed by atoms with E-state index in [4.69, 9.17) is 5.11 Å². The van der Waals surface area contributed by atoms with E-state index in [2.05, 4.69) is 12.1 Å². The molecule has 0 bridgehead atoms. The van der Waals surface area contributed by atoms with Gasteiger partial charge in [-0.3, -0.25) is 0 Å². The summed E-state index contributed by atoms with van der Waals surface area (Å²) in [5.41, 5.74) is 3.74. The summed E-state index contributed by atoms with van der Waals surface area (Å²) in [5, 5.41) is 29.3. The number of aryl methyl sites for hydroxylation is 1. The Morgan fingerprint density at radius 1 is 1.04 bits per heavy atom. The third-order valence-electron chi connectivity index (χ3n) is 6.83. The number of aromatic hydroxyl groups is 1. The number of rotatable bonds is 4. The van der Waals surface area contributed by atoms with Crippen LogP contribution in [0.15, 0.2) is 36.1 Å². The van der Waals surface area contributed by atoms with E-state index in [-0.39, 0.29) is 6.61 Å². The summed E-state index contributed by atoms with van der Waals surface area (Å²) in [7, 11) is 0. The van der Waals surface area contributed by atoms with Crippen molar-refractivity contribution >= 4 is 0 Å². The van der Waals surface area contributed by atoms with Gasteiger partial charge in [0.1, 0.15) is 11.5 Å². The molecule has 0 saturated heterocycles.